The van der Waals surface area contributed by atoms with E-state index in [1.54, 1.807) is 6.21 Å². The Labute approximate surface area is 192 Å². The van der Waals surface area contributed by atoms with Crippen molar-refractivity contribution in [2.24, 2.45) is 5.10 Å². The van der Waals surface area contributed by atoms with Gasteiger partial charge >= 0.3 is 0 Å². The van der Waals surface area contributed by atoms with Gasteiger partial charge in [-0.3, -0.25) is 10.3 Å². The Morgan fingerprint density at radius 1 is 1.06 bits per heavy atom. The van der Waals surface area contributed by atoms with Crippen LogP contribution in [0, 0.1) is 0 Å². The highest BCUT2D eigenvalue weighted by Crippen LogP contribution is 2.22. The molecule has 2 N–H and O–H groups in total. The summed E-state index contributed by atoms with van der Waals surface area (Å²) in [6, 6.07) is 9.96. The second-order valence-electron chi connectivity index (χ2n) is 7.94. The van der Waals surface area contributed by atoms with Crippen molar-refractivity contribution in [1.29, 1.82) is 0 Å². The highest BCUT2D eigenvalue weighted by atomic mass is 16.5. The number of anilines is 2. The van der Waals surface area contributed by atoms with Gasteiger partial charge in [-0.15, -0.1) is 0 Å². The molecule has 0 bridgehead atoms. The molecule has 0 radical (unpaired) electrons. The van der Waals surface area contributed by atoms with Crippen LogP contribution in [0.4, 0.5) is 11.5 Å². The number of aromatic amines is 1. The Kier molecular flexibility index (Phi) is 6.95. The molecule has 0 atom stereocenters. The van der Waals surface area contributed by atoms with Crippen molar-refractivity contribution in [3.8, 4) is 5.88 Å². The van der Waals surface area contributed by atoms with Crippen molar-refractivity contribution < 1.29 is 14.2 Å². The lowest BCUT2D eigenvalue weighted by Gasteiger charge is -2.28. The normalized spacial score (nSPS) is 17.6. The second kappa shape index (κ2) is 10.6. The molecule has 2 aliphatic rings. The molecule has 0 spiro atoms. The van der Waals surface area contributed by atoms with Crippen molar-refractivity contribution in [1.82, 2.24) is 19.9 Å². The fourth-order valence-corrected chi connectivity index (χ4v) is 3.94. The molecule has 1 aromatic carbocycles. The smallest absolute Gasteiger partial charge is 0.219 e. The maximum atomic E-state index is 6.01. The lowest BCUT2D eigenvalue weighted by Crippen LogP contribution is -2.38. The summed E-state index contributed by atoms with van der Waals surface area (Å²) >= 11 is 0. The summed E-state index contributed by atoms with van der Waals surface area (Å²) in [7, 11) is 0. The number of morpholine rings is 2. The van der Waals surface area contributed by atoms with E-state index >= 15 is 0 Å². The summed E-state index contributed by atoms with van der Waals surface area (Å²) in [5, 5.41) is 5.45. The number of fused-ring (bicyclic) bond motifs is 1. The summed E-state index contributed by atoms with van der Waals surface area (Å²) in [5.41, 5.74) is 5.04. The zero-order valence-electron chi connectivity index (χ0n) is 18.6. The van der Waals surface area contributed by atoms with Crippen LogP contribution in [0.3, 0.4) is 0 Å². The zero-order valence-corrected chi connectivity index (χ0v) is 18.6. The Morgan fingerprint density at radius 2 is 1.85 bits per heavy atom. The molecular formula is C23H29N7O3. The zero-order chi connectivity index (χ0) is 22.3. The van der Waals surface area contributed by atoms with Crippen molar-refractivity contribution in [3.63, 3.8) is 0 Å². The van der Waals surface area contributed by atoms with E-state index in [1.165, 1.54) is 0 Å². The van der Waals surface area contributed by atoms with Crippen LogP contribution < -0.4 is 15.1 Å². The standard InChI is InChI=1S/C23H29N7O3/c1-2-4-19-18(3-1)20(16-24-19)28-25-17-21-26-22(30-8-12-32-13-9-30)15-23(27-21)33-14-7-29-5-10-31-11-6-29/h1-4,15-17,24,28H,5-14H2. The molecule has 33 heavy (non-hydrogen) atoms. The second-order valence-corrected chi connectivity index (χ2v) is 7.94. The predicted molar refractivity (Wildman–Crippen MR) is 127 cm³/mol. The van der Waals surface area contributed by atoms with Crippen molar-refractivity contribution >= 4 is 28.6 Å². The van der Waals surface area contributed by atoms with Gasteiger partial charge in [-0.05, 0) is 6.07 Å². The van der Waals surface area contributed by atoms with Crippen LogP contribution in [-0.4, -0.2) is 91.8 Å². The topological polar surface area (TPSA) is 100 Å². The molecular weight excluding hydrogens is 422 g/mol. The first-order valence-electron chi connectivity index (χ1n) is 11.3. The molecule has 2 aromatic heterocycles. The monoisotopic (exact) mass is 451 g/mol. The van der Waals surface area contributed by atoms with E-state index in [9.17, 15) is 0 Å². The van der Waals surface area contributed by atoms with Gasteiger partial charge in [-0.25, -0.2) is 4.98 Å². The average molecular weight is 452 g/mol. The minimum atomic E-state index is 0.493. The first-order valence-corrected chi connectivity index (χ1v) is 11.3. The van der Waals surface area contributed by atoms with Crippen molar-refractivity contribution in [2.45, 2.75) is 0 Å². The first kappa shape index (κ1) is 21.6. The SMILES string of the molecule is C(=NNc1c[nH]c2ccccc12)c1nc(OCCN2CCOCC2)cc(N2CCOCC2)n1. The van der Waals surface area contributed by atoms with Crippen LogP contribution in [0.1, 0.15) is 5.82 Å². The van der Waals surface area contributed by atoms with E-state index in [-0.39, 0.29) is 0 Å². The van der Waals surface area contributed by atoms with Crippen LogP contribution in [0.2, 0.25) is 0 Å². The highest BCUT2D eigenvalue weighted by Gasteiger charge is 2.16. The summed E-state index contributed by atoms with van der Waals surface area (Å²) in [5.74, 6) is 1.87. The number of hydrogen-bond acceptors (Lipinski definition) is 9. The molecule has 2 aliphatic heterocycles. The minimum absolute atomic E-state index is 0.493. The molecule has 174 valence electrons. The molecule has 10 heteroatoms. The van der Waals surface area contributed by atoms with Crippen molar-refractivity contribution in [2.75, 3.05) is 76.1 Å². The van der Waals surface area contributed by atoms with Gasteiger partial charge < -0.3 is 24.1 Å². The Balaban J connectivity index is 1.29. The number of nitrogens with one attached hydrogen (secondary N) is 2. The minimum Gasteiger partial charge on any atom is -0.476 e. The van der Waals surface area contributed by atoms with Gasteiger partial charge in [-0.1, -0.05) is 18.2 Å². The van der Waals surface area contributed by atoms with Gasteiger partial charge in [0.25, 0.3) is 0 Å². The number of nitrogens with zero attached hydrogens (tertiary/aromatic N) is 5. The largest absolute Gasteiger partial charge is 0.476 e. The van der Waals surface area contributed by atoms with Gasteiger partial charge in [0, 0.05) is 55.9 Å². The molecule has 3 aromatic rings. The van der Waals surface area contributed by atoms with E-state index in [2.05, 4.69) is 30.3 Å². The lowest BCUT2D eigenvalue weighted by atomic mass is 10.2. The quantitative estimate of drug-likeness (QED) is 0.396. The number of rotatable bonds is 8. The van der Waals surface area contributed by atoms with Crippen LogP contribution in [0.25, 0.3) is 10.9 Å². The van der Waals surface area contributed by atoms with E-state index < -0.39 is 0 Å². The van der Waals surface area contributed by atoms with Gasteiger partial charge in [0.2, 0.25) is 5.88 Å². The molecule has 4 heterocycles. The third-order valence-corrected chi connectivity index (χ3v) is 5.76. The highest BCUT2D eigenvalue weighted by molar-refractivity contribution is 5.92. The maximum Gasteiger partial charge on any atom is 0.219 e. The fraction of sp³-hybridized carbons (Fsp3) is 0.435. The molecule has 2 fully saturated rings. The summed E-state index contributed by atoms with van der Waals surface area (Å²) < 4.78 is 16.9. The fourth-order valence-electron chi connectivity index (χ4n) is 3.94. The van der Waals surface area contributed by atoms with E-state index in [4.69, 9.17) is 19.2 Å². The molecule has 2 saturated heterocycles. The van der Waals surface area contributed by atoms with Crippen LogP contribution >= 0.6 is 0 Å². The van der Waals surface area contributed by atoms with Gasteiger partial charge in [0.05, 0.1) is 38.3 Å². The average Bonchev–Trinajstić information content (AvgIpc) is 3.28. The molecule has 0 amide bonds. The number of H-pyrrole nitrogens is 1. The Hall–Kier alpha value is -3.21. The molecule has 0 saturated carbocycles. The van der Waals surface area contributed by atoms with Crippen LogP contribution in [0.5, 0.6) is 5.88 Å². The van der Waals surface area contributed by atoms with E-state index in [1.807, 2.05) is 36.5 Å². The van der Waals surface area contributed by atoms with Gasteiger partial charge in [0.1, 0.15) is 12.4 Å². The molecule has 0 unspecified atom stereocenters. The third kappa shape index (κ3) is 5.59. The number of para-hydroxylation sites is 1. The molecule has 5 rings (SSSR count). The Morgan fingerprint density at radius 3 is 2.70 bits per heavy atom. The number of hydrazone groups is 1. The lowest BCUT2D eigenvalue weighted by molar-refractivity contribution is 0.0320. The number of hydrogen-bond donors (Lipinski definition) is 2. The van der Waals surface area contributed by atoms with Crippen LogP contribution in [-0.2, 0) is 9.47 Å². The van der Waals surface area contributed by atoms with E-state index in [0.717, 1.165) is 68.3 Å². The molecule has 0 aliphatic carbocycles. The summed E-state index contributed by atoms with van der Waals surface area (Å²) in [6.45, 7) is 7.76. The number of benzene rings is 1. The number of aromatic nitrogens is 3. The van der Waals surface area contributed by atoms with Gasteiger partial charge in [0.15, 0.2) is 5.82 Å². The first-order chi connectivity index (χ1) is 16.3. The number of ether oxygens (including phenoxy) is 3. The molecule has 10 nitrogen and oxygen atoms in total. The summed E-state index contributed by atoms with van der Waals surface area (Å²) in [6.07, 6.45) is 3.52. The van der Waals surface area contributed by atoms with Gasteiger partial charge in [-0.2, -0.15) is 10.1 Å². The van der Waals surface area contributed by atoms with Crippen LogP contribution in [0.15, 0.2) is 41.6 Å². The summed E-state index contributed by atoms with van der Waals surface area (Å²) in [4.78, 5) is 17.0. The third-order valence-electron chi connectivity index (χ3n) is 5.76. The maximum absolute atomic E-state index is 6.01. The van der Waals surface area contributed by atoms with Crippen molar-refractivity contribution in [3.05, 3.63) is 42.4 Å². The Bertz CT molecular complexity index is 1070. The predicted octanol–water partition coefficient (Wildman–Crippen LogP) is 1.95. The van der Waals surface area contributed by atoms with E-state index in [0.29, 0.717) is 31.5 Å².